The van der Waals surface area contributed by atoms with E-state index in [2.05, 4.69) is 15.3 Å². The molecule has 1 atom stereocenters. The van der Waals surface area contributed by atoms with Gasteiger partial charge in [0.15, 0.2) is 0 Å². The smallest absolute Gasteiger partial charge is 0.340 e. The summed E-state index contributed by atoms with van der Waals surface area (Å²) in [5.74, 6) is 0.788. The summed E-state index contributed by atoms with van der Waals surface area (Å²) in [5.41, 5.74) is 1.56. The van der Waals surface area contributed by atoms with E-state index in [-0.39, 0.29) is 11.9 Å². The van der Waals surface area contributed by atoms with Gasteiger partial charge in [-0.05, 0) is 49.2 Å². The van der Waals surface area contributed by atoms with Gasteiger partial charge in [0.2, 0.25) is 5.91 Å². The molecule has 31 heavy (non-hydrogen) atoms. The predicted octanol–water partition coefficient (Wildman–Crippen LogP) is 4.91. The second kappa shape index (κ2) is 8.88. The SMILES string of the molecule is O=C1CC[C@H](CCNCc2cccc(C(F)(F)F)c2)N1Cc1nc2ccc(Cl)cc2[nH]1. The van der Waals surface area contributed by atoms with Crippen LogP contribution in [0.3, 0.4) is 0 Å². The molecule has 1 saturated heterocycles. The predicted molar refractivity (Wildman–Crippen MR) is 112 cm³/mol. The number of hydrogen-bond acceptors (Lipinski definition) is 3. The molecule has 0 bridgehead atoms. The molecule has 3 aromatic rings. The van der Waals surface area contributed by atoms with E-state index < -0.39 is 11.7 Å². The van der Waals surface area contributed by atoms with E-state index in [1.807, 2.05) is 11.0 Å². The van der Waals surface area contributed by atoms with Crippen LogP contribution in [0.15, 0.2) is 42.5 Å². The number of aromatic amines is 1. The fourth-order valence-corrected chi connectivity index (χ4v) is 4.11. The Labute approximate surface area is 182 Å². The normalized spacial score (nSPS) is 17.1. The number of amides is 1. The van der Waals surface area contributed by atoms with E-state index in [1.54, 1.807) is 18.2 Å². The molecule has 164 valence electrons. The van der Waals surface area contributed by atoms with Crippen LogP contribution in [0, 0.1) is 0 Å². The monoisotopic (exact) mass is 450 g/mol. The lowest BCUT2D eigenvalue weighted by Gasteiger charge is -2.24. The number of rotatable bonds is 7. The van der Waals surface area contributed by atoms with Crippen molar-refractivity contribution in [3.05, 3.63) is 64.4 Å². The molecule has 1 aliphatic rings. The molecule has 1 aromatic heterocycles. The van der Waals surface area contributed by atoms with Crippen LogP contribution < -0.4 is 5.32 Å². The molecule has 1 fully saturated rings. The highest BCUT2D eigenvalue weighted by Gasteiger charge is 2.31. The van der Waals surface area contributed by atoms with Crippen LogP contribution in [0.4, 0.5) is 13.2 Å². The average Bonchev–Trinajstić information content (AvgIpc) is 3.28. The third kappa shape index (κ3) is 5.19. The first-order valence-corrected chi connectivity index (χ1v) is 10.5. The highest BCUT2D eigenvalue weighted by molar-refractivity contribution is 6.31. The third-order valence-electron chi connectivity index (χ3n) is 5.50. The number of halogens is 4. The van der Waals surface area contributed by atoms with E-state index in [0.717, 1.165) is 36.0 Å². The molecule has 0 unspecified atom stereocenters. The number of carbonyl (C=O) groups excluding carboxylic acids is 1. The van der Waals surface area contributed by atoms with Crippen molar-refractivity contribution in [1.29, 1.82) is 0 Å². The Bertz CT molecular complexity index is 1080. The summed E-state index contributed by atoms with van der Waals surface area (Å²) in [6.07, 6.45) is -2.38. The number of H-pyrrole nitrogens is 1. The van der Waals surface area contributed by atoms with Crippen molar-refractivity contribution < 1.29 is 18.0 Å². The first-order chi connectivity index (χ1) is 14.8. The zero-order valence-corrected chi connectivity index (χ0v) is 17.4. The second-order valence-corrected chi connectivity index (χ2v) is 8.16. The quantitative estimate of drug-likeness (QED) is 0.503. The average molecular weight is 451 g/mol. The number of imidazole rings is 1. The van der Waals surface area contributed by atoms with Gasteiger partial charge in [-0.2, -0.15) is 13.2 Å². The Hall–Kier alpha value is -2.58. The number of likely N-dealkylation sites (tertiary alicyclic amines) is 1. The molecular weight excluding hydrogens is 429 g/mol. The van der Waals surface area contributed by atoms with E-state index >= 15 is 0 Å². The van der Waals surface area contributed by atoms with E-state index in [9.17, 15) is 18.0 Å². The molecule has 0 spiro atoms. The van der Waals surface area contributed by atoms with Gasteiger partial charge < -0.3 is 15.2 Å². The molecule has 1 aliphatic heterocycles. The summed E-state index contributed by atoms with van der Waals surface area (Å²) in [6.45, 7) is 1.33. The molecule has 2 heterocycles. The van der Waals surface area contributed by atoms with Crippen LogP contribution in [0.5, 0.6) is 0 Å². The van der Waals surface area contributed by atoms with Gasteiger partial charge in [0.1, 0.15) is 5.82 Å². The highest BCUT2D eigenvalue weighted by Crippen LogP contribution is 2.29. The lowest BCUT2D eigenvalue weighted by Crippen LogP contribution is -2.35. The van der Waals surface area contributed by atoms with Crippen molar-refractivity contribution >= 4 is 28.5 Å². The summed E-state index contributed by atoms with van der Waals surface area (Å²) >= 11 is 6.02. The molecule has 1 amide bonds. The number of fused-ring (bicyclic) bond motifs is 1. The van der Waals surface area contributed by atoms with Gasteiger partial charge in [-0.3, -0.25) is 4.79 Å². The Morgan fingerprint density at radius 1 is 1.23 bits per heavy atom. The van der Waals surface area contributed by atoms with Crippen LogP contribution in [-0.2, 0) is 24.1 Å². The summed E-state index contributed by atoms with van der Waals surface area (Å²) in [5, 5.41) is 3.81. The minimum Gasteiger partial charge on any atom is -0.340 e. The Balaban J connectivity index is 1.32. The summed E-state index contributed by atoms with van der Waals surface area (Å²) in [4.78, 5) is 22.0. The standard InChI is InChI=1S/C22H22ClF3N4O/c23-16-4-6-18-19(11-16)29-20(28-18)13-30-17(5-7-21(30)31)8-9-27-12-14-2-1-3-15(10-14)22(24,25)26/h1-4,6,10-11,17,27H,5,7-9,12-13H2,(H,28,29)/t17-/m1/s1. The summed E-state index contributed by atoms with van der Waals surface area (Å²) in [6, 6.07) is 10.8. The first kappa shape index (κ1) is 21.6. The van der Waals surface area contributed by atoms with Crippen LogP contribution >= 0.6 is 11.6 Å². The molecule has 0 saturated carbocycles. The number of aromatic nitrogens is 2. The summed E-state index contributed by atoms with van der Waals surface area (Å²) in [7, 11) is 0. The van der Waals surface area contributed by atoms with Crippen molar-refractivity contribution in [2.75, 3.05) is 6.54 Å². The Kier molecular flexibility index (Phi) is 6.20. The van der Waals surface area contributed by atoms with Gasteiger partial charge in [0.25, 0.3) is 0 Å². The van der Waals surface area contributed by atoms with Gasteiger partial charge in [-0.1, -0.05) is 29.8 Å². The molecule has 0 radical (unpaired) electrons. The van der Waals surface area contributed by atoms with Crippen LogP contribution in [-0.4, -0.2) is 33.4 Å². The topological polar surface area (TPSA) is 61.0 Å². The van der Waals surface area contributed by atoms with Crippen molar-refractivity contribution in [2.24, 2.45) is 0 Å². The molecule has 0 aliphatic carbocycles. The molecule has 5 nitrogen and oxygen atoms in total. The van der Waals surface area contributed by atoms with E-state index in [0.29, 0.717) is 42.5 Å². The molecule has 9 heteroatoms. The van der Waals surface area contributed by atoms with Crippen LogP contribution in [0.1, 0.15) is 36.2 Å². The lowest BCUT2D eigenvalue weighted by molar-refractivity contribution is -0.137. The molecule has 4 rings (SSSR count). The maximum Gasteiger partial charge on any atom is 0.416 e. The third-order valence-corrected chi connectivity index (χ3v) is 5.74. The van der Waals surface area contributed by atoms with Crippen molar-refractivity contribution in [3.8, 4) is 0 Å². The number of alkyl halides is 3. The maximum absolute atomic E-state index is 12.8. The van der Waals surface area contributed by atoms with Gasteiger partial charge in [0.05, 0.1) is 23.1 Å². The van der Waals surface area contributed by atoms with Crippen molar-refractivity contribution in [3.63, 3.8) is 0 Å². The minimum atomic E-state index is -4.34. The van der Waals surface area contributed by atoms with Crippen LogP contribution in [0.25, 0.3) is 11.0 Å². The molecule has 2 aromatic carbocycles. The second-order valence-electron chi connectivity index (χ2n) is 7.72. The van der Waals surface area contributed by atoms with Crippen molar-refractivity contribution in [1.82, 2.24) is 20.2 Å². The van der Waals surface area contributed by atoms with Gasteiger partial charge in [0, 0.05) is 24.0 Å². The lowest BCUT2D eigenvalue weighted by atomic mass is 10.1. The zero-order valence-electron chi connectivity index (χ0n) is 16.7. The van der Waals surface area contributed by atoms with E-state index in [1.165, 1.54) is 6.07 Å². The number of hydrogen-bond donors (Lipinski definition) is 2. The van der Waals surface area contributed by atoms with Crippen molar-refractivity contribution in [2.45, 2.75) is 44.6 Å². The fourth-order valence-electron chi connectivity index (χ4n) is 3.94. The van der Waals surface area contributed by atoms with Gasteiger partial charge >= 0.3 is 6.18 Å². The van der Waals surface area contributed by atoms with Crippen LogP contribution in [0.2, 0.25) is 5.02 Å². The number of nitrogens with one attached hydrogen (secondary N) is 2. The fraction of sp³-hybridized carbons (Fsp3) is 0.364. The summed E-state index contributed by atoms with van der Waals surface area (Å²) < 4.78 is 38.5. The molecule has 2 N–H and O–H groups in total. The van der Waals surface area contributed by atoms with Gasteiger partial charge in [-0.15, -0.1) is 0 Å². The minimum absolute atomic E-state index is 0.0679. The Morgan fingerprint density at radius 2 is 2.06 bits per heavy atom. The number of nitrogens with zero attached hydrogens (tertiary/aromatic N) is 2. The molecular formula is C22H22ClF3N4O. The Morgan fingerprint density at radius 3 is 2.87 bits per heavy atom. The largest absolute Gasteiger partial charge is 0.416 e. The first-order valence-electron chi connectivity index (χ1n) is 10.1. The highest BCUT2D eigenvalue weighted by atomic mass is 35.5. The maximum atomic E-state index is 12.8. The van der Waals surface area contributed by atoms with Gasteiger partial charge in [-0.25, -0.2) is 4.98 Å². The van der Waals surface area contributed by atoms with E-state index in [4.69, 9.17) is 11.6 Å². The number of benzene rings is 2. The zero-order chi connectivity index (χ0) is 22.0. The number of carbonyl (C=O) groups is 1.